The first-order valence-corrected chi connectivity index (χ1v) is 8.98. The highest BCUT2D eigenvalue weighted by Gasteiger charge is 2.33. The first kappa shape index (κ1) is 15.4. The van der Waals surface area contributed by atoms with E-state index in [0.29, 0.717) is 6.04 Å². The van der Waals surface area contributed by atoms with E-state index in [2.05, 4.69) is 26.1 Å². The van der Waals surface area contributed by atoms with Gasteiger partial charge in [0, 0.05) is 12.1 Å². The highest BCUT2D eigenvalue weighted by atomic mass is 15.0. The quantitative estimate of drug-likeness (QED) is 0.725. The molecule has 2 aliphatic rings. The molecule has 2 fully saturated rings. The second-order valence-corrected chi connectivity index (χ2v) is 7.29. The van der Waals surface area contributed by atoms with Gasteiger partial charge in [-0.25, -0.2) is 0 Å². The monoisotopic (exact) mass is 265 g/mol. The van der Waals surface area contributed by atoms with Crippen molar-refractivity contribution in [3.8, 4) is 0 Å². The van der Waals surface area contributed by atoms with Crippen LogP contribution in [0.4, 0.5) is 0 Å². The first-order chi connectivity index (χ1) is 9.22. The molecule has 0 bridgehead atoms. The molecule has 0 heterocycles. The lowest BCUT2D eigenvalue weighted by molar-refractivity contribution is 0.136. The van der Waals surface area contributed by atoms with Crippen molar-refractivity contribution in [2.24, 2.45) is 17.8 Å². The molecule has 0 spiro atoms. The highest BCUT2D eigenvalue weighted by molar-refractivity contribution is 4.88. The number of hydrogen-bond acceptors (Lipinski definition) is 1. The predicted molar refractivity (Wildman–Crippen MR) is 84.4 cm³/mol. The standard InChI is InChI=1S/C18H35N/c1-4-14(2)15(3)19-18-13-9-8-12-17(18)16-10-6-5-7-11-16/h14-19H,4-13H2,1-3H3. The minimum Gasteiger partial charge on any atom is -0.311 e. The van der Waals surface area contributed by atoms with E-state index in [1.54, 1.807) is 0 Å². The molecule has 0 aliphatic heterocycles. The summed E-state index contributed by atoms with van der Waals surface area (Å²) in [5.74, 6) is 2.84. The van der Waals surface area contributed by atoms with Crippen molar-refractivity contribution >= 4 is 0 Å². The molecule has 0 amide bonds. The second-order valence-electron chi connectivity index (χ2n) is 7.29. The summed E-state index contributed by atoms with van der Waals surface area (Å²) < 4.78 is 0. The third kappa shape index (κ3) is 4.21. The highest BCUT2D eigenvalue weighted by Crippen LogP contribution is 2.38. The van der Waals surface area contributed by atoms with Crippen molar-refractivity contribution in [3.63, 3.8) is 0 Å². The van der Waals surface area contributed by atoms with Crippen molar-refractivity contribution in [2.75, 3.05) is 0 Å². The Morgan fingerprint density at radius 3 is 2.21 bits per heavy atom. The number of rotatable bonds is 5. The molecule has 2 rings (SSSR count). The van der Waals surface area contributed by atoms with E-state index in [1.807, 2.05) is 0 Å². The average Bonchev–Trinajstić information content (AvgIpc) is 2.47. The summed E-state index contributed by atoms with van der Waals surface area (Å²) in [6, 6.07) is 1.51. The zero-order valence-electron chi connectivity index (χ0n) is 13.5. The van der Waals surface area contributed by atoms with E-state index in [4.69, 9.17) is 0 Å². The Morgan fingerprint density at radius 1 is 0.895 bits per heavy atom. The van der Waals surface area contributed by atoms with Crippen LogP contribution in [-0.2, 0) is 0 Å². The molecular formula is C18H35N. The van der Waals surface area contributed by atoms with Gasteiger partial charge in [-0.1, -0.05) is 65.2 Å². The van der Waals surface area contributed by atoms with Gasteiger partial charge in [0.05, 0.1) is 0 Å². The summed E-state index contributed by atoms with van der Waals surface area (Å²) in [7, 11) is 0. The lowest BCUT2D eigenvalue weighted by Gasteiger charge is -2.41. The van der Waals surface area contributed by atoms with Crippen LogP contribution < -0.4 is 5.32 Å². The van der Waals surface area contributed by atoms with Crippen molar-refractivity contribution in [2.45, 2.75) is 97.1 Å². The van der Waals surface area contributed by atoms with Gasteiger partial charge in [-0.15, -0.1) is 0 Å². The summed E-state index contributed by atoms with van der Waals surface area (Å²) in [4.78, 5) is 0. The predicted octanol–water partition coefficient (Wildman–Crippen LogP) is 5.15. The van der Waals surface area contributed by atoms with Crippen molar-refractivity contribution in [1.82, 2.24) is 5.32 Å². The van der Waals surface area contributed by atoms with Gasteiger partial charge >= 0.3 is 0 Å². The van der Waals surface area contributed by atoms with Gasteiger partial charge in [0.15, 0.2) is 0 Å². The largest absolute Gasteiger partial charge is 0.311 e. The van der Waals surface area contributed by atoms with E-state index >= 15 is 0 Å². The van der Waals surface area contributed by atoms with Crippen LogP contribution in [-0.4, -0.2) is 12.1 Å². The maximum atomic E-state index is 4.02. The molecule has 0 aromatic rings. The summed E-state index contributed by atoms with van der Waals surface area (Å²) in [6.07, 6.45) is 14.7. The molecule has 0 aromatic carbocycles. The van der Waals surface area contributed by atoms with Gasteiger partial charge in [-0.2, -0.15) is 0 Å². The minimum atomic E-state index is 0.694. The lowest BCUT2D eigenvalue weighted by Crippen LogP contribution is -2.47. The molecule has 0 radical (unpaired) electrons. The molecule has 1 N–H and O–H groups in total. The fourth-order valence-electron chi connectivity index (χ4n) is 4.35. The molecule has 2 aliphatic carbocycles. The average molecular weight is 265 g/mol. The normalized spacial score (nSPS) is 33.0. The van der Waals surface area contributed by atoms with Gasteiger partial charge in [0.25, 0.3) is 0 Å². The van der Waals surface area contributed by atoms with Crippen LogP contribution in [0.5, 0.6) is 0 Å². The molecular weight excluding hydrogens is 230 g/mol. The van der Waals surface area contributed by atoms with Gasteiger partial charge in [-0.3, -0.25) is 0 Å². The summed E-state index contributed by atoms with van der Waals surface area (Å²) in [5, 5.41) is 4.02. The molecule has 0 saturated heterocycles. The maximum absolute atomic E-state index is 4.02. The molecule has 2 saturated carbocycles. The van der Waals surface area contributed by atoms with E-state index < -0.39 is 0 Å². The van der Waals surface area contributed by atoms with Crippen molar-refractivity contribution in [3.05, 3.63) is 0 Å². The summed E-state index contributed by atoms with van der Waals surface area (Å²) in [6.45, 7) is 7.12. The SMILES string of the molecule is CCC(C)C(C)NC1CCCCC1C1CCCCC1. The van der Waals surface area contributed by atoms with Gasteiger partial charge in [0.2, 0.25) is 0 Å². The van der Waals surface area contributed by atoms with Crippen LogP contribution in [0.3, 0.4) is 0 Å². The Balaban J connectivity index is 1.91. The second kappa shape index (κ2) is 7.67. The van der Waals surface area contributed by atoms with E-state index in [-0.39, 0.29) is 0 Å². The Morgan fingerprint density at radius 2 is 1.53 bits per heavy atom. The van der Waals surface area contributed by atoms with E-state index in [1.165, 1.54) is 64.2 Å². The number of hydrogen-bond donors (Lipinski definition) is 1. The number of nitrogens with one attached hydrogen (secondary N) is 1. The fraction of sp³-hybridized carbons (Fsp3) is 1.00. The zero-order chi connectivity index (χ0) is 13.7. The topological polar surface area (TPSA) is 12.0 Å². The van der Waals surface area contributed by atoms with Gasteiger partial charge < -0.3 is 5.32 Å². The maximum Gasteiger partial charge on any atom is 0.0101 e. The Kier molecular flexibility index (Phi) is 6.19. The first-order valence-electron chi connectivity index (χ1n) is 8.98. The Labute approximate surface area is 120 Å². The molecule has 1 nitrogen and oxygen atoms in total. The molecule has 4 atom stereocenters. The summed E-state index contributed by atoms with van der Waals surface area (Å²) >= 11 is 0. The zero-order valence-corrected chi connectivity index (χ0v) is 13.5. The smallest absolute Gasteiger partial charge is 0.0101 e. The Bertz CT molecular complexity index is 244. The van der Waals surface area contributed by atoms with Crippen LogP contribution in [0.1, 0.15) is 85.0 Å². The third-order valence-electron chi connectivity index (χ3n) is 6.05. The van der Waals surface area contributed by atoms with Crippen LogP contribution in [0.25, 0.3) is 0 Å². The Hall–Kier alpha value is -0.0400. The molecule has 19 heavy (non-hydrogen) atoms. The summed E-state index contributed by atoms with van der Waals surface area (Å²) in [5.41, 5.74) is 0. The van der Waals surface area contributed by atoms with Gasteiger partial charge in [0.1, 0.15) is 0 Å². The van der Waals surface area contributed by atoms with Gasteiger partial charge in [-0.05, 0) is 37.5 Å². The van der Waals surface area contributed by atoms with Crippen LogP contribution >= 0.6 is 0 Å². The molecule has 4 unspecified atom stereocenters. The molecule has 0 aromatic heterocycles. The lowest BCUT2D eigenvalue weighted by atomic mass is 9.70. The molecule has 112 valence electrons. The fourth-order valence-corrected chi connectivity index (χ4v) is 4.35. The minimum absolute atomic E-state index is 0.694. The molecule has 1 heteroatoms. The van der Waals surface area contributed by atoms with E-state index in [9.17, 15) is 0 Å². The third-order valence-corrected chi connectivity index (χ3v) is 6.05. The van der Waals surface area contributed by atoms with Crippen LogP contribution in [0.15, 0.2) is 0 Å². The van der Waals surface area contributed by atoms with Crippen molar-refractivity contribution < 1.29 is 0 Å². The van der Waals surface area contributed by atoms with E-state index in [0.717, 1.165) is 23.8 Å². The van der Waals surface area contributed by atoms with Crippen LogP contribution in [0.2, 0.25) is 0 Å². The van der Waals surface area contributed by atoms with Crippen molar-refractivity contribution in [1.29, 1.82) is 0 Å². The van der Waals surface area contributed by atoms with Crippen LogP contribution in [0, 0.1) is 17.8 Å².